The molecule has 0 saturated heterocycles. The second-order valence-electron chi connectivity index (χ2n) is 4.78. The van der Waals surface area contributed by atoms with Gasteiger partial charge in [-0.25, -0.2) is 9.18 Å². The molecule has 2 aromatic rings. The van der Waals surface area contributed by atoms with Crippen molar-refractivity contribution in [3.05, 3.63) is 47.8 Å². The van der Waals surface area contributed by atoms with Crippen LogP contribution in [0.2, 0.25) is 0 Å². The number of benzene rings is 2. The first-order valence-electron chi connectivity index (χ1n) is 6.40. The third kappa shape index (κ3) is 3.00. The summed E-state index contributed by atoms with van der Waals surface area (Å²) in [6, 6.07) is 9.14. The third-order valence-corrected chi connectivity index (χ3v) is 3.45. The third-order valence-electron chi connectivity index (χ3n) is 3.45. The smallest absolute Gasteiger partial charge is 0.394 e. The van der Waals surface area contributed by atoms with Crippen molar-refractivity contribution >= 4 is 22.8 Å². The molecule has 0 saturated carbocycles. The number of amides is 1. The van der Waals surface area contributed by atoms with Crippen LogP contribution in [0.3, 0.4) is 0 Å². The molecule has 0 bridgehead atoms. The zero-order valence-corrected chi connectivity index (χ0v) is 11.5. The first kappa shape index (κ1) is 14.9. The van der Waals surface area contributed by atoms with E-state index in [4.69, 9.17) is 16.9 Å². The van der Waals surface area contributed by atoms with E-state index in [9.17, 15) is 9.18 Å². The normalized spacial score (nSPS) is 13.7. The van der Waals surface area contributed by atoms with Gasteiger partial charge in [0.05, 0.1) is 6.04 Å². The molecule has 1 amide bonds. The van der Waals surface area contributed by atoms with E-state index in [-0.39, 0.29) is 11.7 Å². The number of fused-ring (bicyclic) bond motifs is 1. The maximum absolute atomic E-state index is 13.8. The molecule has 0 aliphatic heterocycles. The van der Waals surface area contributed by atoms with Crippen LogP contribution < -0.4 is 11.5 Å². The van der Waals surface area contributed by atoms with E-state index in [1.54, 1.807) is 31.2 Å². The Morgan fingerprint density at radius 2 is 1.86 bits per heavy atom. The Labute approximate surface area is 121 Å². The molecular formula is C15H16FN3O2. The van der Waals surface area contributed by atoms with Crippen molar-refractivity contribution in [3.8, 4) is 0 Å². The van der Waals surface area contributed by atoms with Gasteiger partial charge in [0.15, 0.2) is 0 Å². The minimum atomic E-state index is -1.08. The fraction of sp³-hybridized carbons (Fsp3) is 0.200. The molecule has 2 atom stereocenters. The van der Waals surface area contributed by atoms with Gasteiger partial charge in [0, 0.05) is 11.3 Å². The van der Waals surface area contributed by atoms with Crippen molar-refractivity contribution < 1.29 is 13.9 Å². The highest BCUT2D eigenvalue weighted by atomic mass is 19.1. The summed E-state index contributed by atoms with van der Waals surface area (Å²) in [6.07, 6.45) is -1.08. The van der Waals surface area contributed by atoms with E-state index in [1.807, 2.05) is 6.07 Å². The molecule has 0 radical (unpaired) electrons. The first-order chi connectivity index (χ1) is 9.91. The van der Waals surface area contributed by atoms with Crippen LogP contribution in [0, 0.1) is 11.2 Å². The Bertz CT molecular complexity index is 702. The average Bonchev–Trinajstić information content (AvgIpc) is 2.45. The summed E-state index contributed by atoms with van der Waals surface area (Å²) in [7, 11) is 0. The number of nitrogens with one attached hydrogen (secondary N) is 1. The van der Waals surface area contributed by atoms with Gasteiger partial charge in [-0.05, 0) is 17.0 Å². The molecule has 0 fully saturated rings. The number of hydrogen-bond acceptors (Lipinski definition) is 4. The molecule has 0 aliphatic rings. The molecule has 5 nitrogen and oxygen atoms in total. The van der Waals surface area contributed by atoms with Gasteiger partial charge in [-0.3, -0.25) is 5.41 Å². The highest BCUT2D eigenvalue weighted by Gasteiger charge is 2.23. The second-order valence-corrected chi connectivity index (χ2v) is 4.78. The van der Waals surface area contributed by atoms with E-state index in [0.29, 0.717) is 10.8 Å². The lowest BCUT2D eigenvalue weighted by molar-refractivity contribution is 0.204. The Hall–Kier alpha value is -2.47. The zero-order valence-electron chi connectivity index (χ0n) is 11.5. The lowest BCUT2D eigenvalue weighted by atomic mass is 9.89. The van der Waals surface area contributed by atoms with E-state index < -0.39 is 18.0 Å². The maximum atomic E-state index is 13.8. The van der Waals surface area contributed by atoms with Crippen molar-refractivity contribution in [2.45, 2.75) is 18.9 Å². The second kappa shape index (κ2) is 5.88. The molecule has 2 aromatic carbocycles. The number of rotatable bonds is 3. The van der Waals surface area contributed by atoms with Gasteiger partial charge < -0.3 is 16.2 Å². The number of halogens is 1. The molecular weight excluding hydrogens is 273 g/mol. The number of carbonyl (C=O) groups excluding carboxylic acids is 1. The molecule has 0 aromatic heterocycles. The predicted octanol–water partition coefficient (Wildman–Crippen LogP) is 2.48. The van der Waals surface area contributed by atoms with E-state index in [1.165, 1.54) is 6.07 Å². The molecule has 21 heavy (non-hydrogen) atoms. The minimum absolute atomic E-state index is 0.321. The van der Waals surface area contributed by atoms with Gasteiger partial charge >= 0.3 is 6.09 Å². The number of nitrogens with two attached hydrogens (primary N) is 2. The van der Waals surface area contributed by atoms with Crippen LogP contribution in [0.5, 0.6) is 0 Å². The number of carbonyl (C=O) groups is 1. The minimum Gasteiger partial charge on any atom is -0.394 e. The van der Waals surface area contributed by atoms with Crippen LogP contribution >= 0.6 is 0 Å². The van der Waals surface area contributed by atoms with Gasteiger partial charge in [0.25, 0.3) is 0 Å². The predicted molar refractivity (Wildman–Crippen MR) is 78.7 cm³/mol. The first-order valence-corrected chi connectivity index (χ1v) is 6.40. The lowest BCUT2D eigenvalue weighted by Gasteiger charge is -2.21. The van der Waals surface area contributed by atoms with Gasteiger partial charge in [-0.1, -0.05) is 37.3 Å². The summed E-state index contributed by atoms with van der Waals surface area (Å²) < 4.78 is 18.3. The Morgan fingerprint density at radius 3 is 2.52 bits per heavy atom. The van der Waals surface area contributed by atoms with E-state index >= 15 is 0 Å². The average molecular weight is 289 g/mol. The Kier molecular flexibility index (Phi) is 4.18. The van der Waals surface area contributed by atoms with Crippen molar-refractivity contribution in [2.24, 2.45) is 11.5 Å². The van der Waals surface area contributed by atoms with E-state index in [0.717, 1.165) is 5.56 Å². The van der Waals surface area contributed by atoms with Crippen LogP contribution in [0.15, 0.2) is 36.4 Å². The Balaban J connectivity index is 2.40. The molecule has 110 valence electrons. The van der Waals surface area contributed by atoms with Crippen molar-refractivity contribution in [2.75, 3.05) is 0 Å². The highest BCUT2D eigenvalue weighted by molar-refractivity contribution is 5.91. The van der Waals surface area contributed by atoms with Gasteiger partial charge in [-0.15, -0.1) is 0 Å². The summed E-state index contributed by atoms with van der Waals surface area (Å²) in [4.78, 5) is 10.7. The molecule has 0 spiro atoms. The largest absolute Gasteiger partial charge is 0.411 e. The monoisotopic (exact) mass is 289 g/mol. The highest BCUT2D eigenvalue weighted by Crippen LogP contribution is 2.28. The molecule has 0 heterocycles. The molecule has 0 aliphatic carbocycles. The van der Waals surface area contributed by atoms with Crippen LogP contribution in [-0.2, 0) is 4.74 Å². The number of ether oxygens (including phenoxy) is 1. The molecule has 6 heteroatoms. The lowest BCUT2D eigenvalue weighted by Crippen LogP contribution is -2.38. The van der Waals surface area contributed by atoms with Crippen molar-refractivity contribution in [1.29, 1.82) is 5.41 Å². The molecule has 2 rings (SSSR count). The topological polar surface area (TPSA) is 102 Å². The van der Waals surface area contributed by atoms with Crippen LogP contribution in [-0.4, -0.2) is 18.0 Å². The van der Waals surface area contributed by atoms with Crippen molar-refractivity contribution in [1.82, 2.24) is 0 Å². The number of hydrogen-bond donors (Lipinski definition) is 3. The van der Waals surface area contributed by atoms with Crippen LogP contribution in [0.25, 0.3) is 10.8 Å². The summed E-state index contributed by atoms with van der Waals surface area (Å²) in [5, 5.41) is 8.83. The summed E-state index contributed by atoms with van der Waals surface area (Å²) in [5.41, 5.74) is 11.6. The van der Waals surface area contributed by atoms with Gasteiger partial charge in [0.2, 0.25) is 5.90 Å². The van der Waals surface area contributed by atoms with Crippen molar-refractivity contribution in [3.63, 3.8) is 0 Å². The maximum Gasteiger partial charge on any atom is 0.411 e. The standard InChI is InChI=1S/C15H16FN3O2/c1-8(13(17)14(18)21-15(19)20)9-4-2-6-11-10(9)5-3-7-12(11)16/h2-8,13,18H,17H2,1H3,(H2,19,20). The fourth-order valence-electron chi connectivity index (χ4n) is 2.29. The van der Waals surface area contributed by atoms with Crippen LogP contribution in [0.4, 0.5) is 9.18 Å². The SMILES string of the molecule is CC(c1cccc2c(F)cccc12)C(N)C(=N)OC(N)=O. The summed E-state index contributed by atoms with van der Waals surface area (Å²) >= 11 is 0. The van der Waals surface area contributed by atoms with Crippen LogP contribution in [0.1, 0.15) is 18.4 Å². The number of primary amides is 1. The quantitative estimate of drug-likeness (QED) is 0.597. The fourth-order valence-corrected chi connectivity index (χ4v) is 2.29. The summed E-state index contributed by atoms with van der Waals surface area (Å²) in [6.45, 7) is 1.78. The zero-order chi connectivity index (χ0) is 15.6. The molecule has 2 unspecified atom stereocenters. The Morgan fingerprint density at radius 1 is 1.24 bits per heavy atom. The van der Waals surface area contributed by atoms with E-state index in [2.05, 4.69) is 4.74 Å². The van der Waals surface area contributed by atoms with Gasteiger partial charge in [0.1, 0.15) is 5.82 Å². The van der Waals surface area contributed by atoms with Gasteiger partial charge in [-0.2, -0.15) is 0 Å². The molecule has 5 N–H and O–H groups in total. The summed E-state index contributed by atoms with van der Waals surface area (Å²) in [5.74, 6) is -1.08.